The predicted molar refractivity (Wildman–Crippen MR) is 60.5 cm³/mol. The fourth-order valence-electron chi connectivity index (χ4n) is 1.39. The third-order valence-corrected chi connectivity index (χ3v) is 2.75. The van der Waals surface area contributed by atoms with E-state index in [0.717, 1.165) is 5.56 Å². The van der Waals surface area contributed by atoms with E-state index < -0.39 is 6.10 Å². The van der Waals surface area contributed by atoms with Crippen molar-refractivity contribution in [3.8, 4) is 5.75 Å². The number of phenols is 1. The van der Waals surface area contributed by atoms with E-state index in [-0.39, 0.29) is 12.3 Å². The molecule has 84 valence electrons. The SMILES string of the molecule is COCc1ccc(Br)c(O)c1C(O)CN. The Hall–Kier alpha value is -0.620. The second kappa shape index (κ2) is 5.46. The number of benzene rings is 1. The van der Waals surface area contributed by atoms with Gasteiger partial charge in [-0.25, -0.2) is 0 Å². The van der Waals surface area contributed by atoms with E-state index in [2.05, 4.69) is 15.9 Å². The number of halogens is 1. The molecule has 1 aromatic carbocycles. The molecular formula is C10H14BrNO3. The summed E-state index contributed by atoms with van der Waals surface area (Å²) in [4.78, 5) is 0. The molecule has 0 spiro atoms. The maximum Gasteiger partial charge on any atom is 0.135 e. The lowest BCUT2D eigenvalue weighted by Gasteiger charge is -2.16. The van der Waals surface area contributed by atoms with Crippen LogP contribution in [-0.4, -0.2) is 23.9 Å². The molecule has 15 heavy (non-hydrogen) atoms. The topological polar surface area (TPSA) is 75.7 Å². The number of methoxy groups -OCH3 is 1. The highest BCUT2D eigenvalue weighted by Gasteiger charge is 2.17. The Morgan fingerprint density at radius 1 is 1.53 bits per heavy atom. The van der Waals surface area contributed by atoms with Gasteiger partial charge < -0.3 is 20.7 Å². The van der Waals surface area contributed by atoms with Crippen molar-refractivity contribution in [2.24, 2.45) is 5.73 Å². The van der Waals surface area contributed by atoms with Crippen molar-refractivity contribution in [2.45, 2.75) is 12.7 Å². The van der Waals surface area contributed by atoms with Gasteiger partial charge >= 0.3 is 0 Å². The number of aliphatic hydroxyl groups is 1. The molecule has 5 heteroatoms. The van der Waals surface area contributed by atoms with E-state index in [1.54, 1.807) is 19.2 Å². The van der Waals surface area contributed by atoms with Crippen molar-refractivity contribution < 1.29 is 14.9 Å². The zero-order valence-electron chi connectivity index (χ0n) is 8.40. The van der Waals surface area contributed by atoms with Crippen molar-refractivity contribution >= 4 is 15.9 Å². The van der Waals surface area contributed by atoms with Crippen LogP contribution >= 0.6 is 15.9 Å². The second-order valence-electron chi connectivity index (χ2n) is 3.15. The third-order valence-electron chi connectivity index (χ3n) is 2.11. The number of rotatable bonds is 4. The zero-order chi connectivity index (χ0) is 11.4. The molecule has 0 aliphatic carbocycles. The number of hydrogen-bond donors (Lipinski definition) is 3. The molecule has 0 bridgehead atoms. The van der Waals surface area contributed by atoms with Gasteiger partial charge in [-0.15, -0.1) is 0 Å². The summed E-state index contributed by atoms with van der Waals surface area (Å²) < 4.78 is 5.51. The molecule has 0 aromatic heterocycles. The number of hydrogen-bond acceptors (Lipinski definition) is 4. The van der Waals surface area contributed by atoms with Crippen molar-refractivity contribution in [3.05, 3.63) is 27.7 Å². The number of nitrogens with two attached hydrogens (primary N) is 1. The molecule has 0 saturated heterocycles. The first kappa shape index (κ1) is 12.4. The highest BCUT2D eigenvalue weighted by atomic mass is 79.9. The molecule has 0 aliphatic rings. The average molecular weight is 276 g/mol. The fourth-order valence-corrected chi connectivity index (χ4v) is 1.74. The van der Waals surface area contributed by atoms with Crippen LogP contribution in [0.2, 0.25) is 0 Å². The summed E-state index contributed by atoms with van der Waals surface area (Å²) in [6.07, 6.45) is -0.882. The molecule has 0 heterocycles. The fraction of sp³-hybridized carbons (Fsp3) is 0.400. The molecule has 1 rings (SSSR count). The Balaban J connectivity index is 3.21. The average Bonchev–Trinajstić information content (AvgIpc) is 2.23. The van der Waals surface area contributed by atoms with Crippen LogP contribution in [0, 0.1) is 0 Å². The number of phenolic OH excluding ortho intramolecular Hbond substituents is 1. The third kappa shape index (κ3) is 2.69. The molecular weight excluding hydrogens is 262 g/mol. The van der Waals surface area contributed by atoms with Crippen LogP contribution in [0.15, 0.2) is 16.6 Å². The van der Waals surface area contributed by atoms with Crippen LogP contribution in [0.3, 0.4) is 0 Å². The van der Waals surface area contributed by atoms with Crippen molar-refractivity contribution in [1.82, 2.24) is 0 Å². The second-order valence-corrected chi connectivity index (χ2v) is 4.01. The van der Waals surface area contributed by atoms with E-state index in [1.807, 2.05) is 0 Å². The summed E-state index contributed by atoms with van der Waals surface area (Å²) in [6, 6.07) is 3.48. The highest BCUT2D eigenvalue weighted by molar-refractivity contribution is 9.10. The molecule has 1 atom stereocenters. The Labute approximate surface area is 96.8 Å². The monoisotopic (exact) mass is 275 g/mol. The quantitative estimate of drug-likeness (QED) is 0.774. The zero-order valence-corrected chi connectivity index (χ0v) is 9.99. The van der Waals surface area contributed by atoms with E-state index in [9.17, 15) is 10.2 Å². The largest absolute Gasteiger partial charge is 0.506 e. The molecule has 0 fully saturated rings. The molecule has 0 amide bonds. The van der Waals surface area contributed by atoms with E-state index >= 15 is 0 Å². The van der Waals surface area contributed by atoms with Gasteiger partial charge in [0, 0.05) is 19.2 Å². The molecule has 1 unspecified atom stereocenters. The lowest BCUT2D eigenvalue weighted by Crippen LogP contribution is -2.14. The van der Waals surface area contributed by atoms with Gasteiger partial charge in [0.1, 0.15) is 5.75 Å². The Morgan fingerprint density at radius 3 is 2.73 bits per heavy atom. The van der Waals surface area contributed by atoms with E-state index in [4.69, 9.17) is 10.5 Å². The predicted octanol–water partition coefficient (Wildman–Crippen LogP) is 1.29. The Morgan fingerprint density at radius 2 is 2.20 bits per heavy atom. The maximum absolute atomic E-state index is 9.79. The number of ether oxygens (including phenoxy) is 1. The summed E-state index contributed by atoms with van der Waals surface area (Å²) in [5.41, 5.74) is 6.53. The van der Waals surface area contributed by atoms with Crippen molar-refractivity contribution in [1.29, 1.82) is 0 Å². The van der Waals surface area contributed by atoms with Crippen LogP contribution in [0.25, 0.3) is 0 Å². The number of aromatic hydroxyl groups is 1. The van der Waals surface area contributed by atoms with Crippen LogP contribution in [0.1, 0.15) is 17.2 Å². The van der Waals surface area contributed by atoms with Crippen molar-refractivity contribution in [3.63, 3.8) is 0 Å². The molecule has 0 saturated carbocycles. The first-order chi connectivity index (χ1) is 7.11. The van der Waals surface area contributed by atoms with Gasteiger partial charge in [-0.05, 0) is 27.6 Å². The van der Waals surface area contributed by atoms with Gasteiger partial charge in [0.2, 0.25) is 0 Å². The van der Waals surface area contributed by atoms with E-state index in [0.29, 0.717) is 16.6 Å². The maximum atomic E-state index is 9.79. The van der Waals surface area contributed by atoms with Gasteiger partial charge in [-0.1, -0.05) is 6.07 Å². The molecule has 4 nitrogen and oxygen atoms in total. The van der Waals surface area contributed by atoms with Crippen LogP contribution in [0.4, 0.5) is 0 Å². The summed E-state index contributed by atoms with van der Waals surface area (Å²) >= 11 is 3.19. The number of aliphatic hydroxyl groups excluding tert-OH is 1. The van der Waals surface area contributed by atoms with Crippen LogP contribution in [0.5, 0.6) is 5.75 Å². The van der Waals surface area contributed by atoms with Gasteiger partial charge in [0.05, 0.1) is 17.2 Å². The summed E-state index contributed by atoms with van der Waals surface area (Å²) in [7, 11) is 1.55. The standard InChI is InChI=1S/C10H14BrNO3/c1-15-5-6-2-3-7(11)10(14)9(6)8(13)4-12/h2-3,8,13-14H,4-5,12H2,1H3. The smallest absolute Gasteiger partial charge is 0.135 e. The Bertz CT molecular complexity index is 344. The first-order valence-electron chi connectivity index (χ1n) is 4.49. The van der Waals surface area contributed by atoms with Gasteiger partial charge in [-0.2, -0.15) is 0 Å². The minimum absolute atomic E-state index is 0.0162. The van der Waals surface area contributed by atoms with Crippen LogP contribution in [-0.2, 0) is 11.3 Å². The summed E-state index contributed by atoms with van der Waals surface area (Å²) in [5, 5.41) is 19.5. The minimum Gasteiger partial charge on any atom is -0.506 e. The lowest BCUT2D eigenvalue weighted by molar-refractivity contribution is 0.163. The van der Waals surface area contributed by atoms with Crippen molar-refractivity contribution in [2.75, 3.05) is 13.7 Å². The first-order valence-corrected chi connectivity index (χ1v) is 5.28. The normalized spacial score (nSPS) is 12.8. The molecule has 0 radical (unpaired) electrons. The Kier molecular flexibility index (Phi) is 4.53. The van der Waals surface area contributed by atoms with Gasteiger partial charge in [-0.3, -0.25) is 0 Å². The summed E-state index contributed by atoms with van der Waals surface area (Å²) in [6.45, 7) is 0.383. The lowest BCUT2D eigenvalue weighted by atomic mass is 10.0. The van der Waals surface area contributed by atoms with E-state index in [1.165, 1.54) is 0 Å². The minimum atomic E-state index is -0.882. The van der Waals surface area contributed by atoms with Gasteiger partial charge in [0.15, 0.2) is 0 Å². The highest BCUT2D eigenvalue weighted by Crippen LogP contribution is 2.34. The molecule has 1 aromatic rings. The van der Waals surface area contributed by atoms with Crippen LogP contribution < -0.4 is 5.73 Å². The van der Waals surface area contributed by atoms with Gasteiger partial charge in [0.25, 0.3) is 0 Å². The molecule has 0 aliphatic heterocycles. The summed E-state index contributed by atoms with van der Waals surface area (Å²) in [5.74, 6) is 0.0162. The molecule has 4 N–H and O–H groups in total.